The summed E-state index contributed by atoms with van der Waals surface area (Å²) in [7, 11) is 0. The Labute approximate surface area is 880 Å². The summed E-state index contributed by atoms with van der Waals surface area (Å²) in [6, 6.07) is 41.8. The molecule has 6 aromatic carbocycles. The Morgan fingerprint density at radius 3 is 0.768 bits per heavy atom. The number of rotatable bonds is 12. The van der Waals surface area contributed by atoms with Gasteiger partial charge in [0.2, 0.25) is 0 Å². The van der Waals surface area contributed by atoms with E-state index in [1.165, 1.54) is 253 Å². The summed E-state index contributed by atoms with van der Waals surface area (Å²) in [5.41, 5.74) is 44.4. The fourth-order valence-electron chi connectivity index (χ4n) is 18.8. The maximum absolute atomic E-state index is 2.49. The van der Waals surface area contributed by atoms with Crippen LogP contribution in [-0.2, 0) is 32.5 Å². The molecule has 0 N–H and O–H groups in total. The van der Waals surface area contributed by atoms with Crippen LogP contribution in [0.1, 0.15) is 377 Å². The zero-order valence-electron chi connectivity index (χ0n) is 91.2. The van der Waals surface area contributed by atoms with Crippen LogP contribution < -0.4 is 0 Å². The van der Waals surface area contributed by atoms with Gasteiger partial charge in [0, 0.05) is 85.7 Å². The average molecular weight is 2060 g/mol. The number of thiophene rings is 12. The second-order valence-electron chi connectivity index (χ2n) is 47.0. The highest BCUT2D eigenvalue weighted by atomic mass is 32.1. The molecule has 732 valence electrons. The van der Waals surface area contributed by atoms with Crippen molar-refractivity contribution in [1.29, 1.82) is 0 Å². The summed E-state index contributed by atoms with van der Waals surface area (Å²) in [5, 5.41) is 13.7. The third-order valence-electron chi connectivity index (χ3n) is 27.4. The molecule has 0 spiro atoms. The van der Waals surface area contributed by atoms with Crippen molar-refractivity contribution in [1.82, 2.24) is 0 Å². The minimum absolute atomic E-state index is 0.0928. The molecule has 0 radical (unpaired) electrons. The van der Waals surface area contributed by atoms with Gasteiger partial charge < -0.3 is 0 Å². The SMILES string of the molecule is Cc1csc2c(C)c(-c3c(C(C)(C)C)cc(C(C)(C)C)cc3C(C)(C)C)sc12.Cc1csc2c(C)c(-c3c(C(C)C)cc(C(C)C)cc3C(C)C)sc12.Cc1csc2c(C)c(-c3ccc(C(C)(C)C)cc3C(C)(C)C)sc12.Cc1csc2c(C)c(-c3ccc(C(C)C)cc3C(C)C)sc12.Cc1csc2c(C)c(-c3ccccc3C(C)(C)C)sc12.Cc1csc2c(C)c(-c3ccccc3C(C)C)sc12. The summed E-state index contributed by atoms with van der Waals surface area (Å²) in [4.78, 5) is 8.77. The van der Waals surface area contributed by atoms with Gasteiger partial charge in [0.05, 0.1) is 0 Å². The van der Waals surface area contributed by atoms with Gasteiger partial charge in [-0.3, -0.25) is 0 Å². The lowest BCUT2D eigenvalue weighted by atomic mass is 9.72. The molecule has 0 aliphatic heterocycles. The molecule has 0 unspecified atom stereocenters. The number of aryl methyl sites for hydroxylation is 12. The van der Waals surface area contributed by atoms with Gasteiger partial charge in [0.1, 0.15) is 0 Å². The van der Waals surface area contributed by atoms with E-state index in [-0.39, 0.29) is 32.5 Å². The molecule has 18 rings (SSSR count). The van der Waals surface area contributed by atoms with E-state index >= 15 is 0 Å². The monoisotopic (exact) mass is 2050 g/mol. The summed E-state index contributed by atoms with van der Waals surface area (Å²) in [5.74, 6) is 3.34. The van der Waals surface area contributed by atoms with Crippen LogP contribution in [0.25, 0.3) is 119 Å². The summed E-state index contributed by atoms with van der Waals surface area (Å²) >= 11 is 23.2. The van der Waals surface area contributed by atoms with E-state index in [2.05, 4.69) is 432 Å². The molecule has 0 aliphatic rings. The molecule has 0 nitrogen and oxygen atoms in total. The lowest BCUT2D eigenvalue weighted by Gasteiger charge is -2.33. The lowest BCUT2D eigenvalue weighted by Crippen LogP contribution is -2.22. The fourth-order valence-corrected chi connectivity index (χ4v) is 34.4. The lowest BCUT2D eigenvalue weighted by molar-refractivity contribution is 0.551. The molecule has 0 bridgehead atoms. The number of hydrogen-bond donors (Lipinski definition) is 0. The van der Waals surface area contributed by atoms with Crippen molar-refractivity contribution >= 4 is 192 Å². The van der Waals surface area contributed by atoms with Crippen molar-refractivity contribution < 1.29 is 0 Å². The van der Waals surface area contributed by atoms with Crippen LogP contribution in [0.15, 0.2) is 141 Å². The molecule has 0 saturated heterocycles. The van der Waals surface area contributed by atoms with Gasteiger partial charge in [-0.15, -0.1) is 136 Å². The van der Waals surface area contributed by atoms with Crippen LogP contribution >= 0.6 is 136 Å². The highest BCUT2D eigenvalue weighted by Gasteiger charge is 2.34. The van der Waals surface area contributed by atoms with Crippen molar-refractivity contribution in [2.75, 3.05) is 0 Å². The van der Waals surface area contributed by atoms with Crippen LogP contribution in [0.5, 0.6) is 0 Å². The van der Waals surface area contributed by atoms with Gasteiger partial charge in [-0.1, -0.05) is 317 Å². The zero-order valence-corrected chi connectivity index (χ0v) is 101. The molecule has 12 aromatic heterocycles. The third kappa shape index (κ3) is 22.5. The predicted octanol–water partition coefficient (Wildman–Crippen LogP) is 46.0. The van der Waals surface area contributed by atoms with Crippen molar-refractivity contribution in [3.63, 3.8) is 0 Å². The van der Waals surface area contributed by atoms with Crippen molar-refractivity contribution in [2.24, 2.45) is 0 Å². The first kappa shape index (κ1) is 109. The Bertz CT molecular complexity index is 7330. The van der Waals surface area contributed by atoms with Crippen LogP contribution in [0.2, 0.25) is 0 Å². The maximum atomic E-state index is 2.49. The van der Waals surface area contributed by atoms with Gasteiger partial charge in [-0.25, -0.2) is 0 Å². The minimum Gasteiger partial charge on any atom is -0.142 e. The minimum atomic E-state index is 0.0928. The molecule has 0 atom stereocenters. The largest absolute Gasteiger partial charge is 0.142 e. The second kappa shape index (κ2) is 42.2. The molecule has 12 heteroatoms. The molecular weight excluding hydrogens is 1900 g/mol. The Morgan fingerprint density at radius 1 is 0.196 bits per heavy atom. The maximum Gasteiger partial charge on any atom is 0.0489 e. The van der Waals surface area contributed by atoms with Gasteiger partial charge >= 0.3 is 0 Å². The van der Waals surface area contributed by atoms with Crippen molar-refractivity contribution in [2.45, 2.75) is 359 Å². The zero-order chi connectivity index (χ0) is 102. The predicted molar refractivity (Wildman–Crippen MR) is 644 cm³/mol. The summed E-state index contributed by atoms with van der Waals surface area (Å²) < 4.78 is 17.6. The molecule has 138 heavy (non-hydrogen) atoms. The standard InChI is InChI=1S/C26H36S2.C23H30S2.C22H28S2.C20H24S2.C18H20S2.C17H18S2/c1-15-14-27-23-16(2)22(28-21(15)23)20-18(25(6,7)8)12-17(24(3,4)5)13-19(20)26(9,10)11;1-12(2)17-9-18(13(3)4)20(19(10-17)14(5)6)22-16(8)23-21(25-22)15(7)11-24-23;1-13-12-23-20-14(2)19(24-18(13)20)16-10-9-15(21(3,4)5)11-17(16)22(6,7)8;1-11(2)15-7-8-16(17(9-15)12(3)4)19-14(6)20-18(22-19)13(5)10-21-20;1-11-10-19-17-12(2)16(20-15(11)17)13-8-6-7-9-14(13)18(3,4)5;1-10(2)13-7-5-6-8-14(13)16-12(4)17-15(19-16)11(3)9-18-17/h12-14H,1-11H3;9-14H,1-8H3;9-12H,1-8H3;7-12H,1-6H3;6-10H,1-5H3;5-10H,1-4H3. The summed E-state index contributed by atoms with van der Waals surface area (Å²) in [6.07, 6.45) is 0. The van der Waals surface area contributed by atoms with Gasteiger partial charge in [-0.05, 0) is 350 Å². The van der Waals surface area contributed by atoms with E-state index < -0.39 is 0 Å². The molecule has 0 amide bonds. The normalized spacial score (nSPS) is 12.5. The van der Waals surface area contributed by atoms with E-state index in [1.807, 2.05) is 136 Å². The van der Waals surface area contributed by atoms with Gasteiger partial charge in [-0.2, -0.15) is 0 Å². The average Bonchev–Trinajstić information content (AvgIpc) is 1.60. The fraction of sp³-hybridized carbons (Fsp3) is 0.429. The van der Waals surface area contributed by atoms with Crippen LogP contribution in [-0.4, -0.2) is 0 Å². The van der Waals surface area contributed by atoms with E-state index in [9.17, 15) is 0 Å². The quantitative estimate of drug-likeness (QED) is 0.114. The van der Waals surface area contributed by atoms with E-state index in [0.29, 0.717) is 35.5 Å². The molecule has 0 aliphatic carbocycles. The van der Waals surface area contributed by atoms with Crippen molar-refractivity contribution in [3.8, 4) is 62.6 Å². The molecule has 0 saturated carbocycles. The van der Waals surface area contributed by atoms with Crippen LogP contribution in [0.4, 0.5) is 0 Å². The molecular formula is C126H156S12. The number of benzene rings is 6. The number of fused-ring (bicyclic) bond motifs is 6. The highest BCUT2D eigenvalue weighted by molar-refractivity contribution is 7.32. The van der Waals surface area contributed by atoms with Crippen LogP contribution in [0.3, 0.4) is 0 Å². The summed E-state index contributed by atoms with van der Waals surface area (Å²) in [6.45, 7) is 96.7. The Hall–Kier alpha value is -6.72. The topological polar surface area (TPSA) is 0 Å². The molecule has 18 aromatic rings. The van der Waals surface area contributed by atoms with E-state index in [4.69, 9.17) is 0 Å². The van der Waals surface area contributed by atoms with Gasteiger partial charge in [0.15, 0.2) is 0 Å². The van der Waals surface area contributed by atoms with Crippen LogP contribution in [0, 0.1) is 83.1 Å². The second-order valence-corrected chi connectivity index (χ2v) is 58.4. The van der Waals surface area contributed by atoms with Crippen molar-refractivity contribution in [3.05, 3.63) is 275 Å². The first-order chi connectivity index (χ1) is 64.2. The van der Waals surface area contributed by atoms with E-state index in [1.54, 1.807) is 0 Å². The highest BCUT2D eigenvalue weighted by Crippen LogP contribution is 2.56. The Morgan fingerprint density at radius 2 is 0.457 bits per heavy atom. The Kier molecular flexibility index (Phi) is 33.2. The van der Waals surface area contributed by atoms with Gasteiger partial charge in [0.25, 0.3) is 0 Å². The smallest absolute Gasteiger partial charge is 0.0489 e. The first-order valence-electron chi connectivity index (χ1n) is 49.9. The molecule has 12 heterocycles. The van der Waals surface area contributed by atoms with E-state index in [0.717, 1.165) is 0 Å². The Balaban J connectivity index is 0.000000140. The first-order valence-corrected chi connectivity index (χ1v) is 60.1. The molecule has 0 fully saturated rings. The third-order valence-corrected chi connectivity index (χ3v) is 44.2. The number of hydrogen-bond acceptors (Lipinski definition) is 12.